The molecule has 0 atom stereocenters. The van der Waals surface area contributed by atoms with E-state index in [9.17, 15) is 4.79 Å². The van der Waals surface area contributed by atoms with Crippen LogP contribution in [-0.4, -0.2) is 53.4 Å². The van der Waals surface area contributed by atoms with E-state index in [1.54, 1.807) is 6.07 Å². The molecule has 0 unspecified atom stereocenters. The van der Waals surface area contributed by atoms with Gasteiger partial charge in [-0.15, -0.1) is 0 Å². The second-order valence-electron chi connectivity index (χ2n) is 6.54. The van der Waals surface area contributed by atoms with Crippen LogP contribution in [0.5, 0.6) is 0 Å². The van der Waals surface area contributed by atoms with E-state index in [-0.39, 0.29) is 11.3 Å². The van der Waals surface area contributed by atoms with Gasteiger partial charge in [0.1, 0.15) is 5.15 Å². The number of hydrogen-bond donors (Lipinski definition) is 0. The number of amides is 1. The summed E-state index contributed by atoms with van der Waals surface area (Å²) in [6, 6.07) is 3.55. The van der Waals surface area contributed by atoms with Gasteiger partial charge in [0.05, 0.1) is 0 Å². The second kappa shape index (κ2) is 6.32. The van der Waals surface area contributed by atoms with Crippen LogP contribution in [0.25, 0.3) is 0 Å². The fourth-order valence-corrected chi connectivity index (χ4v) is 2.66. The number of halogens is 1. The fraction of sp³-hybridized carbons (Fsp3) is 0.625. The molecule has 1 fully saturated rings. The third-order valence-electron chi connectivity index (χ3n) is 3.92. The maximum Gasteiger partial charge on any atom is 0.254 e. The van der Waals surface area contributed by atoms with Gasteiger partial charge in [0.25, 0.3) is 5.91 Å². The Hall–Kier alpha value is -1.13. The third kappa shape index (κ3) is 3.95. The highest BCUT2D eigenvalue weighted by Crippen LogP contribution is 2.24. The van der Waals surface area contributed by atoms with E-state index in [0.717, 1.165) is 38.4 Å². The summed E-state index contributed by atoms with van der Waals surface area (Å²) < 4.78 is 0. The summed E-state index contributed by atoms with van der Waals surface area (Å²) in [5.41, 5.74) is 1.37. The lowest BCUT2D eigenvalue weighted by atomic mass is 9.90. The van der Waals surface area contributed by atoms with Gasteiger partial charge in [-0.1, -0.05) is 39.3 Å². The molecule has 0 aromatic carbocycles. The maximum absolute atomic E-state index is 12.6. The molecule has 0 bridgehead atoms. The van der Waals surface area contributed by atoms with Gasteiger partial charge >= 0.3 is 0 Å². The monoisotopic (exact) mass is 309 g/mol. The van der Waals surface area contributed by atoms with Crippen molar-refractivity contribution in [2.75, 3.05) is 32.7 Å². The summed E-state index contributed by atoms with van der Waals surface area (Å²) in [7, 11) is 0. The van der Waals surface area contributed by atoms with E-state index in [1.165, 1.54) is 0 Å². The summed E-state index contributed by atoms with van der Waals surface area (Å²) in [6.07, 6.45) is 0. The van der Waals surface area contributed by atoms with E-state index in [4.69, 9.17) is 11.6 Å². The summed E-state index contributed by atoms with van der Waals surface area (Å²) in [5, 5.41) is 0.387. The zero-order valence-electron chi connectivity index (χ0n) is 13.3. The zero-order valence-corrected chi connectivity index (χ0v) is 14.1. The molecular weight excluding hydrogens is 286 g/mol. The third-order valence-corrected chi connectivity index (χ3v) is 4.11. The molecule has 2 heterocycles. The van der Waals surface area contributed by atoms with Crippen LogP contribution < -0.4 is 0 Å². The van der Waals surface area contributed by atoms with Gasteiger partial charge in [-0.3, -0.25) is 4.79 Å². The zero-order chi connectivity index (χ0) is 15.6. The van der Waals surface area contributed by atoms with E-state index in [2.05, 4.69) is 37.6 Å². The molecule has 0 saturated carbocycles. The van der Waals surface area contributed by atoms with Crippen LogP contribution in [0, 0.1) is 0 Å². The summed E-state index contributed by atoms with van der Waals surface area (Å²) >= 11 is 6.09. The van der Waals surface area contributed by atoms with Crippen LogP contribution in [0.1, 0.15) is 43.7 Å². The Labute approximate surface area is 132 Å². The number of likely N-dealkylation sites (N-methyl/N-ethyl adjacent to an activating group) is 1. The van der Waals surface area contributed by atoms with Gasteiger partial charge in [0.15, 0.2) is 0 Å². The minimum atomic E-state index is -0.124. The van der Waals surface area contributed by atoms with Crippen molar-refractivity contribution in [2.45, 2.75) is 33.1 Å². The normalized spacial score (nSPS) is 17.1. The molecule has 0 spiro atoms. The molecule has 0 N–H and O–H groups in total. The van der Waals surface area contributed by atoms with Gasteiger partial charge in [-0.2, -0.15) is 0 Å². The largest absolute Gasteiger partial charge is 0.336 e. The Balaban J connectivity index is 2.18. The first kappa shape index (κ1) is 16.2. The Morgan fingerprint density at radius 1 is 1.24 bits per heavy atom. The number of pyridine rings is 1. The van der Waals surface area contributed by atoms with Crippen molar-refractivity contribution in [2.24, 2.45) is 0 Å². The number of nitrogens with zero attached hydrogens (tertiary/aromatic N) is 3. The lowest BCUT2D eigenvalue weighted by Gasteiger charge is -2.34. The van der Waals surface area contributed by atoms with Crippen LogP contribution in [0.15, 0.2) is 12.1 Å². The molecule has 5 heteroatoms. The Morgan fingerprint density at radius 3 is 2.38 bits per heavy atom. The highest BCUT2D eigenvalue weighted by atomic mass is 35.5. The molecule has 1 aliphatic heterocycles. The highest BCUT2D eigenvalue weighted by Gasteiger charge is 2.24. The minimum Gasteiger partial charge on any atom is -0.336 e. The molecule has 0 radical (unpaired) electrons. The van der Waals surface area contributed by atoms with Gasteiger partial charge < -0.3 is 9.80 Å². The van der Waals surface area contributed by atoms with E-state index >= 15 is 0 Å². The van der Waals surface area contributed by atoms with E-state index in [1.807, 2.05) is 11.0 Å². The minimum absolute atomic E-state index is 0.0561. The number of carbonyl (C=O) groups is 1. The van der Waals surface area contributed by atoms with E-state index in [0.29, 0.717) is 10.7 Å². The standard InChI is InChI=1S/C16H24ClN3O/c1-5-19-6-8-20(9-7-19)15(21)12-10-13(16(2,3)4)18-14(17)11-12/h10-11H,5-9H2,1-4H3. The summed E-state index contributed by atoms with van der Waals surface area (Å²) in [5.74, 6) is 0.0561. The SMILES string of the molecule is CCN1CCN(C(=O)c2cc(Cl)nc(C(C)(C)C)c2)CC1. The van der Waals surface area contributed by atoms with Crippen molar-refractivity contribution >= 4 is 17.5 Å². The van der Waals surface area contributed by atoms with Crippen molar-refractivity contribution in [1.29, 1.82) is 0 Å². The molecule has 21 heavy (non-hydrogen) atoms. The molecule has 1 aromatic heterocycles. The molecule has 1 amide bonds. The van der Waals surface area contributed by atoms with Gasteiger partial charge in [0, 0.05) is 42.9 Å². The number of rotatable bonds is 2. The molecule has 1 aromatic rings. The molecule has 2 rings (SSSR count). The molecule has 0 aliphatic carbocycles. The molecule has 1 aliphatic rings. The summed E-state index contributed by atoms with van der Waals surface area (Å²) in [4.78, 5) is 21.2. The van der Waals surface area contributed by atoms with Crippen LogP contribution >= 0.6 is 11.6 Å². The molecule has 4 nitrogen and oxygen atoms in total. The van der Waals surface area contributed by atoms with Gasteiger partial charge in [0.2, 0.25) is 0 Å². The van der Waals surface area contributed by atoms with Gasteiger partial charge in [-0.05, 0) is 18.7 Å². The average molecular weight is 310 g/mol. The number of carbonyl (C=O) groups excluding carboxylic acids is 1. The average Bonchev–Trinajstić information content (AvgIpc) is 2.45. The fourth-order valence-electron chi connectivity index (χ4n) is 2.45. The highest BCUT2D eigenvalue weighted by molar-refractivity contribution is 6.29. The quantitative estimate of drug-likeness (QED) is 0.788. The number of aromatic nitrogens is 1. The van der Waals surface area contributed by atoms with Crippen LogP contribution in [0.3, 0.4) is 0 Å². The lowest BCUT2D eigenvalue weighted by Crippen LogP contribution is -2.48. The van der Waals surface area contributed by atoms with Crippen molar-refractivity contribution < 1.29 is 4.79 Å². The van der Waals surface area contributed by atoms with Crippen LogP contribution in [0.2, 0.25) is 5.15 Å². The van der Waals surface area contributed by atoms with E-state index < -0.39 is 0 Å². The smallest absolute Gasteiger partial charge is 0.254 e. The lowest BCUT2D eigenvalue weighted by molar-refractivity contribution is 0.0643. The van der Waals surface area contributed by atoms with Crippen LogP contribution in [0.4, 0.5) is 0 Å². The van der Waals surface area contributed by atoms with Crippen molar-refractivity contribution in [3.05, 3.63) is 28.5 Å². The predicted octanol–water partition coefficient (Wildman–Crippen LogP) is 2.81. The Morgan fingerprint density at radius 2 is 1.86 bits per heavy atom. The maximum atomic E-state index is 12.6. The first-order valence-electron chi connectivity index (χ1n) is 7.51. The molecular formula is C16H24ClN3O. The molecule has 116 valence electrons. The predicted molar refractivity (Wildman–Crippen MR) is 86.0 cm³/mol. The number of hydrogen-bond acceptors (Lipinski definition) is 3. The topological polar surface area (TPSA) is 36.4 Å². The first-order chi connectivity index (χ1) is 9.81. The second-order valence-corrected chi connectivity index (χ2v) is 6.93. The Kier molecular flexibility index (Phi) is 4.89. The van der Waals surface area contributed by atoms with Gasteiger partial charge in [-0.25, -0.2) is 4.98 Å². The Bertz CT molecular complexity index is 517. The number of piperazine rings is 1. The molecule has 1 saturated heterocycles. The van der Waals surface area contributed by atoms with Crippen LogP contribution in [-0.2, 0) is 5.41 Å². The van der Waals surface area contributed by atoms with Crippen molar-refractivity contribution in [3.8, 4) is 0 Å². The first-order valence-corrected chi connectivity index (χ1v) is 7.88. The van der Waals surface area contributed by atoms with Crippen molar-refractivity contribution in [1.82, 2.24) is 14.8 Å². The van der Waals surface area contributed by atoms with Crippen molar-refractivity contribution in [3.63, 3.8) is 0 Å². The summed E-state index contributed by atoms with van der Waals surface area (Å²) in [6.45, 7) is 12.8.